The number of benzene rings is 2. The molecule has 0 aliphatic rings. The first kappa shape index (κ1) is 15.7. The SMILES string of the molecule is COc1ccc(CSc2ccc(Cl)c(C(=O)O)c2)c(F)c1. The number of carbonyl (C=O) groups is 1. The number of carboxylic acid groups (broad SMARTS) is 1. The summed E-state index contributed by atoms with van der Waals surface area (Å²) in [5.41, 5.74) is 0.560. The summed E-state index contributed by atoms with van der Waals surface area (Å²) in [6.07, 6.45) is 0. The standard InChI is InChI=1S/C15H12ClFO3S/c1-20-10-3-2-9(14(17)6-10)8-21-11-4-5-13(16)12(7-11)15(18)19/h2-7H,8H2,1H3,(H,18,19). The first-order valence-electron chi connectivity index (χ1n) is 5.99. The molecule has 0 spiro atoms. The van der Waals surface area contributed by atoms with Crippen LogP contribution in [-0.4, -0.2) is 18.2 Å². The number of carboxylic acids is 1. The molecule has 2 aromatic rings. The van der Waals surface area contributed by atoms with Gasteiger partial charge in [0.05, 0.1) is 17.7 Å². The minimum atomic E-state index is -1.09. The van der Waals surface area contributed by atoms with Crippen LogP contribution in [0.15, 0.2) is 41.3 Å². The number of methoxy groups -OCH3 is 1. The number of halogens is 2. The normalized spacial score (nSPS) is 10.4. The van der Waals surface area contributed by atoms with Gasteiger partial charge in [-0.15, -0.1) is 11.8 Å². The van der Waals surface area contributed by atoms with E-state index in [1.54, 1.807) is 18.2 Å². The van der Waals surface area contributed by atoms with Gasteiger partial charge in [0.25, 0.3) is 0 Å². The van der Waals surface area contributed by atoms with Crippen molar-refractivity contribution in [1.82, 2.24) is 0 Å². The van der Waals surface area contributed by atoms with Crippen LogP contribution in [-0.2, 0) is 5.75 Å². The molecule has 0 saturated carbocycles. The van der Waals surface area contributed by atoms with Crippen molar-refractivity contribution < 1.29 is 19.0 Å². The summed E-state index contributed by atoms with van der Waals surface area (Å²) < 4.78 is 18.7. The molecule has 21 heavy (non-hydrogen) atoms. The van der Waals surface area contributed by atoms with Crippen LogP contribution in [0.4, 0.5) is 4.39 Å². The van der Waals surface area contributed by atoms with E-state index in [1.807, 2.05) is 0 Å². The average molecular weight is 327 g/mol. The number of aromatic carboxylic acids is 1. The van der Waals surface area contributed by atoms with Crippen molar-refractivity contribution in [2.45, 2.75) is 10.6 Å². The van der Waals surface area contributed by atoms with E-state index < -0.39 is 5.97 Å². The van der Waals surface area contributed by atoms with Crippen LogP contribution in [0.5, 0.6) is 5.75 Å². The van der Waals surface area contributed by atoms with E-state index in [2.05, 4.69) is 0 Å². The van der Waals surface area contributed by atoms with Gasteiger partial charge in [-0.2, -0.15) is 0 Å². The van der Waals surface area contributed by atoms with Crippen molar-refractivity contribution in [3.8, 4) is 5.75 Å². The molecule has 2 rings (SSSR count). The summed E-state index contributed by atoms with van der Waals surface area (Å²) >= 11 is 7.14. The number of hydrogen-bond donors (Lipinski definition) is 1. The first-order chi connectivity index (χ1) is 10.0. The van der Waals surface area contributed by atoms with Crippen LogP contribution in [0, 0.1) is 5.82 Å². The van der Waals surface area contributed by atoms with Crippen LogP contribution in [0.25, 0.3) is 0 Å². The molecular formula is C15H12ClFO3S. The van der Waals surface area contributed by atoms with Crippen LogP contribution in [0.1, 0.15) is 15.9 Å². The van der Waals surface area contributed by atoms with Crippen LogP contribution in [0.3, 0.4) is 0 Å². The molecule has 0 aromatic heterocycles. The minimum absolute atomic E-state index is 0.0388. The van der Waals surface area contributed by atoms with Crippen molar-refractivity contribution in [3.05, 3.63) is 58.4 Å². The van der Waals surface area contributed by atoms with Crippen LogP contribution >= 0.6 is 23.4 Å². The third-order valence-corrected chi connectivity index (χ3v) is 4.20. The molecule has 0 aliphatic heterocycles. The van der Waals surface area contributed by atoms with Gasteiger partial charge < -0.3 is 9.84 Å². The lowest BCUT2D eigenvalue weighted by atomic mass is 10.2. The maximum atomic E-state index is 13.8. The molecule has 0 radical (unpaired) electrons. The highest BCUT2D eigenvalue weighted by Crippen LogP contribution is 2.28. The second-order valence-electron chi connectivity index (χ2n) is 4.19. The van der Waals surface area contributed by atoms with Gasteiger partial charge in [-0.05, 0) is 29.8 Å². The Hall–Kier alpha value is -1.72. The van der Waals surface area contributed by atoms with Crippen molar-refractivity contribution in [1.29, 1.82) is 0 Å². The van der Waals surface area contributed by atoms with Gasteiger partial charge in [-0.3, -0.25) is 0 Å². The van der Waals surface area contributed by atoms with Gasteiger partial charge in [0.2, 0.25) is 0 Å². The quantitative estimate of drug-likeness (QED) is 0.823. The summed E-state index contributed by atoms with van der Waals surface area (Å²) in [6, 6.07) is 9.37. The van der Waals surface area contributed by atoms with Gasteiger partial charge >= 0.3 is 5.97 Å². The Morgan fingerprint density at radius 3 is 2.71 bits per heavy atom. The molecule has 0 bridgehead atoms. The Morgan fingerprint density at radius 1 is 1.33 bits per heavy atom. The van der Waals surface area contributed by atoms with Gasteiger partial charge in [0, 0.05) is 16.7 Å². The summed E-state index contributed by atoms with van der Waals surface area (Å²) in [5.74, 6) is -0.593. The molecule has 0 heterocycles. The lowest BCUT2D eigenvalue weighted by Gasteiger charge is -2.07. The third kappa shape index (κ3) is 3.89. The van der Waals surface area contributed by atoms with Crippen molar-refractivity contribution in [3.63, 3.8) is 0 Å². The fraction of sp³-hybridized carbons (Fsp3) is 0.133. The summed E-state index contributed by atoms with van der Waals surface area (Å²) in [7, 11) is 1.48. The maximum Gasteiger partial charge on any atom is 0.337 e. The van der Waals surface area contributed by atoms with Crippen molar-refractivity contribution in [2.24, 2.45) is 0 Å². The Balaban J connectivity index is 2.13. The molecule has 0 aliphatic carbocycles. The van der Waals surface area contributed by atoms with Crippen molar-refractivity contribution in [2.75, 3.05) is 7.11 Å². The highest BCUT2D eigenvalue weighted by Gasteiger charge is 2.10. The van der Waals surface area contributed by atoms with Crippen LogP contribution < -0.4 is 4.74 Å². The van der Waals surface area contributed by atoms with E-state index >= 15 is 0 Å². The van der Waals surface area contributed by atoms with Gasteiger partial charge in [-0.25, -0.2) is 9.18 Å². The second kappa shape index (κ2) is 6.83. The van der Waals surface area contributed by atoms with Gasteiger partial charge in [0.1, 0.15) is 11.6 Å². The molecule has 2 aromatic carbocycles. The van der Waals surface area contributed by atoms with E-state index in [1.165, 1.54) is 37.1 Å². The van der Waals surface area contributed by atoms with Crippen LogP contribution in [0.2, 0.25) is 5.02 Å². The van der Waals surface area contributed by atoms with Gasteiger partial charge in [-0.1, -0.05) is 17.7 Å². The number of ether oxygens (including phenoxy) is 1. The molecule has 6 heteroatoms. The molecular weight excluding hydrogens is 315 g/mol. The fourth-order valence-corrected chi connectivity index (χ4v) is 2.81. The smallest absolute Gasteiger partial charge is 0.337 e. The van der Waals surface area contributed by atoms with E-state index in [0.717, 1.165) is 0 Å². The molecule has 0 fully saturated rings. The Bertz CT molecular complexity index is 676. The second-order valence-corrected chi connectivity index (χ2v) is 5.65. The highest BCUT2D eigenvalue weighted by atomic mass is 35.5. The molecule has 1 N–H and O–H groups in total. The van der Waals surface area contributed by atoms with Crippen molar-refractivity contribution >= 4 is 29.3 Å². The molecule has 0 amide bonds. The monoisotopic (exact) mass is 326 g/mol. The molecule has 0 atom stereocenters. The Kier molecular flexibility index (Phi) is 5.09. The molecule has 0 unspecified atom stereocenters. The molecule has 3 nitrogen and oxygen atoms in total. The zero-order valence-electron chi connectivity index (χ0n) is 11.1. The number of thioether (sulfide) groups is 1. The van der Waals surface area contributed by atoms with E-state index in [0.29, 0.717) is 22.0 Å². The predicted octanol–water partition coefficient (Wildman–Crippen LogP) is 4.48. The summed E-state index contributed by atoms with van der Waals surface area (Å²) in [4.78, 5) is 11.7. The zero-order valence-corrected chi connectivity index (χ0v) is 12.7. The third-order valence-electron chi connectivity index (χ3n) is 2.82. The lowest BCUT2D eigenvalue weighted by Crippen LogP contribution is -1.97. The maximum absolute atomic E-state index is 13.8. The summed E-state index contributed by atoms with van der Waals surface area (Å²) in [6.45, 7) is 0. The zero-order chi connectivity index (χ0) is 15.4. The Morgan fingerprint density at radius 2 is 2.10 bits per heavy atom. The highest BCUT2D eigenvalue weighted by molar-refractivity contribution is 7.98. The predicted molar refractivity (Wildman–Crippen MR) is 80.9 cm³/mol. The minimum Gasteiger partial charge on any atom is -0.497 e. The molecule has 0 saturated heterocycles. The Labute approximate surface area is 130 Å². The topological polar surface area (TPSA) is 46.5 Å². The average Bonchev–Trinajstić information content (AvgIpc) is 2.47. The van der Waals surface area contributed by atoms with E-state index in [4.69, 9.17) is 21.4 Å². The first-order valence-corrected chi connectivity index (χ1v) is 7.35. The van der Waals surface area contributed by atoms with E-state index in [-0.39, 0.29) is 16.4 Å². The van der Waals surface area contributed by atoms with E-state index in [9.17, 15) is 9.18 Å². The number of rotatable bonds is 5. The number of hydrogen-bond acceptors (Lipinski definition) is 3. The summed E-state index contributed by atoms with van der Waals surface area (Å²) in [5, 5.41) is 9.19. The largest absolute Gasteiger partial charge is 0.497 e. The van der Waals surface area contributed by atoms with Gasteiger partial charge in [0.15, 0.2) is 0 Å². The molecule has 110 valence electrons. The lowest BCUT2D eigenvalue weighted by molar-refractivity contribution is 0.0697. The fourth-order valence-electron chi connectivity index (χ4n) is 1.69.